The van der Waals surface area contributed by atoms with Gasteiger partial charge in [-0.2, -0.15) is 5.26 Å². The molecular formula is C24H26N2O5. The zero-order valence-electron chi connectivity index (χ0n) is 17.9. The van der Waals surface area contributed by atoms with Gasteiger partial charge in [-0.25, -0.2) is 4.79 Å². The van der Waals surface area contributed by atoms with Crippen molar-refractivity contribution in [3.8, 4) is 17.6 Å². The molecule has 2 aromatic carbocycles. The zero-order chi connectivity index (χ0) is 22.8. The predicted octanol–water partition coefficient (Wildman–Crippen LogP) is 3.87. The van der Waals surface area contributed by atoms with Crippen LogP contribution in [-0.4, -0.2) is 41.6 Å². The molecule has 2 rings (SSSR count). The van der Waals surface area contributed by atoms with Gasteiger partial charge in [-0.05, 0) is 50.1 Å². The molecule has 0 radical (unpaired) electrons. The van der Waals surface area contributed by atoms with E-state index in [1.165, 1.54) is 0 Å². The molecule has 0 aromatic heterocycles. The summed E-state index contributed by atoms with van der Waals surface area (Å²) in [5.41, 5.74) is 2.64. The Bertz CT molecular complexity index is 1000. The summed E-state index contributed by atoms with van der Waals surface area (Å²) in [4.78, 5) is 25.1. The number of aliphatic carboxylic acids is 1. The van der Waals surface area contributed by atoms with E-state index in [4.69, 9.17) is 14.6 Å². The number of hydrogen-bond acceptors (Lipinski definition) is 5. The fourth-order valence-corrected chi connectivity index (χ4v) is 2.93. The highest BCUT2D eigenvalue weighted by atomic mass is 16.5. The monoisotopic (exact) mass is 422 g/mol. The minimum absolute atomic E-state index is 0.0936. The number of carboxylic acids is 1. The van der Waals surface area contributed by atoms with Gasteiger partial charge in [-0.15, -0.1) is 0 Å². The number of nitriles is 1. The number of benzene rings is 2. The maximum absolute atomic E-state index is 12.4. The van der Waals surface area contributed by atoms with Crippen LogP contribution in [0.2, 0.25) is 0 Å². The van der Waals surface area contributed by atoms with Crippen molar-refractivity contribution in [3.63, 3.8) is 0 Å². The van der Waals surface area contributed by atoms with Gasteiger partial charge in [-0.3, -0.25) is 4.79 Å². The quantitative estimate of drug-likeness (QED) is 0.584. The van der Waals surface area contributed by atoms with Crippen molar-refractivity contribution in [2.45, 2.75) is 27.4 Å². The highest BCUT2D eigenvalue weighted by molar-refractivity contribution is 5.95. The lowest BCUT2D eigenvalue weighted by Gasteiger charge is -2.17. The molecule has 1 amide bonds. The van der Waals surface area contributed by atoms with Crippen LogP contribution < -0.4 is 9.47 Å². The number of nitrogens with zero attached hydrogens (tertiary/aromatic N) is 2. The van der Waals surface area contributed by atoms with Gasteiger partial charge in [0.15, 0.2) is 18.1 Å². The molecule has 7 heteroatoms. The summed E-state index contributed by atoms with van der Waals surface area (Å²) in [6, 6.07) is 14.3. The summed E-state index contributed by atoms with van der Waals surface area (Å²) in [5.74, 6) is -0.614. The first kappa shape index (κ1) is 23.5. The molecule has 2 aromatic rings. The first-order valence-corrected chi connectivity index (χ1v) is 9.96. The van der Waals surface area contributed by atoms with Crippen LogP contribution in [0.3, 0.4) is 0 Å². The lowest BCUT2D eigenvalue weighted by molar-refractivity contribution is -0.139. The highest BCUT2D eigenvalue weighted by Gasteiger charge is 2.13. The summed E-state index contributed by atoms with van der Waals surface area (Å²) in [5, 5.41) is 18.2. The van der Waals surface area contributed by atoms with Crippen LogP contribution in [0.25, 0.3) is 5.57 Å². The van der Waals surface area contributed by atoms with Crippen molar-refractivity contribution < 1.29 is 24.2 Å². The van der Waals surface area contributed by atoms with Crippen LogP contribution in [0, 0.1) is 11.3 Å². The summed E-state index contributed by atoms with van der Waals surface area (Å²) in [6.07, 6.45) is 1.55. The SMILES string of the molecule is CCN(CC)C(=O)/C=C(/C)c1ccc(OCc2ccccc2C#N)c(OCC(=O)O)c1. The molecule has 0 spiro atoms. The number of carbonyl (C=O) groups is 2. The third kappa shape index (κ3) is 6.61. The largest absolute Gasteiger partial charge is 0.485 e. The number of ether oxygens (including phenoxy) is 2. The minimum Gasteiger partial charge on any atom is -0.485 e. The van der Waals surface area contributed by atoms with Crippen molar-refractivity contribution in [2.75, 3.05) is 19.7 Å². The van der Waals surface area contributed by atoms with Crippen LogP contribution >= 0.6 is 0 Å². The fraction of sp³-hybridized carbons (Fsp3) is 0.292. The molecule has 0 aliphatic heterocycles. The number of carbonyl (C=O) groups excluding carboxylic acids is 1. The number of allylic oxidation sites excluding steroid dienone is 1. The summed E-state index contributed by atoms with van der Waals surface area (Å²) in [7, 11) is 0. The predicted molar refractivity (Wildman–Crippen MR) is 117 cm³/mol. The Labute approximate surface area is 182 Å². The van der Waals surface area contributed by atoms with E-state index in [1.54, 1.807) is 54.3 Å². The van der Waals surface area contributed by atoms with Crippen LogP contribution in [0.15, 0.2) is 48.5 Å². The first-order chi connectivity index (χ1) is 14.9. The van der Waals surface area contributed by atoms with E-state index in [2.05, 4.69) is 6.07 Å². The second-order valence-electron chi connectivity index (χ2n) is 6.74. The highest BCUT2D eigenvalue weighted by Crippen LogP contribution is 2.32. The van der Waals surface area contributed by atoms with Gasteiger partial charge in [0.25, 0.3) is 0 Å². The van der Waals surface area contributed by atoms with Gasteiger partial charge in [0.1, 0.15) is 6.61 Å². The Hall–Kier alpha value is -3.79. The molecule has 0 aliphatic rings. The molecule has 0 unspecified atom stereocenters. The summed E-state index contributed by atoms with van der Waals surface area (Å²) >= 11 is 0. The van der Waals surface area contributed by atoms with E-state index in [0.29, 0.717) is 35.5 Å². The third-order valence-corrected chi connectivity index (χ3v) is 4.69. The standard InChI is InChI=1S/C24H26N2O5/c1-4-26(5-2)23(27)12-17(3)18-10-11-21(22(13-18)31-16-24(28)29)30-15-20-9-7-6-8-19(20)14-25/h6-13H,4-5,15-16H2,1-3H3,(H,28,29)/b17-12-. The van der Waals surface area contributed by atoms with E-state index in [9.17, 15) is 14.9 Å². The molecule has 7 nitrogen and oxygen atoms in total. The molecule has 1 N–H and O–H groups in total. The van der Waals surface area contributed by atoms with Crippen LogP contribution in [-0.2, 0) is 16.2 Å². The Kier molecular flexibility index (Phi) is 8.64. The second kappa shape index (κ2) is 11.4. The molecule has 0 bridgehead atoms. The van der Waals surface area contributed by atoms with Gasteiger partial charge in [0.2, 0.25) is 5.91 Å². The average Bonchev–Trinajstić information content (AvgIpc) is 2.77. The molecule has 0 atom stereocenters. The summed E-state index contributed by atoms with van der Waals surface area (Å²) < 4.78 is 11.2. The van der Waals surface area contributed by atoms with Crippen molar-refractivity contribution in [1.29, 1.82) is 5.26 Å². The molecule has 0 heterocycles. The average molecular weight is 422 g/mol. The normalized spacial score (nSPS) is 10.8. The van der Waals surface area contributed by atoms with Crippen molar-refractivity contribution >= 4 is 17.4 Å². The van der Waals surface area contributed by atoms with Gasteiger partial charge in [0, 0.05) is 24.7 Å². The zero-order valence-corrected chi connectivity index (χ0v) is 17.9. The molecular weight excluding hydrogens is 396 g/mol. The molecule has 31 heavy (non-hydrogen) atoms. The van der Waals surface area contributed by atoms with E-state index in [0.717, 1.165) is 5.57 Å². The van der Waals surface area contributed by atoms with E-state index < -0.39 is 12.6 Å². The number of hydrogen-bond donors (Lipinski definition) is 1. The van der Waals surface area contributed by atoms with Crippen molar-refractivity contribution in [1.82, 2.24) is 4.90 Å². The fourth-order valence-electron chi connectivity index (χ4n) is 2.93. The van der Waals surface area contributed by atoms with E-state index >= 15 is 0 Å². The molecule has 0 fully saturated rings. The van der Waals surface area contributed by atoms with Crippen molar-refractivity contribution in [3.05, 3.63) is 65.2 Å². The number of likely N-dealkylation sites (N-methyl/N-ethyl adjacent to an activating group) is 1. The third-order valence-electron chi connectivity index (χ3n) is 4.69. The van der Waals surface area contributed by atoms with Crippen LogP contribution in [0.4, 0.5) is 0 Å². The molecule has 0 saturated carbocycles. The lowest BCUT2D eigenvalue weighted by Crippen LogP contribution is -2.28. The Morgan fingerprint density at radius 3 is 2.45 bits per heavy atom. The minimum atomic E-state index is -1.12. The maximum atomic E-state index is 12.4. The van der Waals surface area contributed by atoms with E-state index in [1.807, 2.05) is 19.9 Å². The molecule has 0 saturated heterocycles. The first-order valence-electron chi connectivity index (χ1n) is 9.96. The maximum Gasteiger partial charge on any atom is 0.341 e. The Morgan fingerprint density at radius 1 is 1.10 bits per heavy atom. The topological polar surface area (TPSA) is 99.9 Å². The smallest absolute Gasteiger partial charge is 0.341 e. The van der Waals surface area contributed by atoms with Crippen LogP contribution in [0.1, 0.15) is 37.5 Å². The van der Waals surface area contributed by atoms with E-state index in [-0.39, 0.29) is 18.3 Å². The van der Waals surface area contributed by atoms with Crippen LogP contribution in [0.5, 0.6) is 11.5 Å². The Balaban J connectivity index is 2.29. The number of rotatable bonds is 10. The Morgan fingerprint density at radius 2 is 1.81 bits per heavy atom. The van der Waals surface area contributed by atoms with Gasteiger partial charge in [-0.1, -0.05) is 24.3 Å². The van der Waals surface area contributed by atoms with Gasteiger partial charge < -0.3 is 19.5 Å². The number of carboxylic acid groups (broad SMARTS) is 1. The lowest BCUT2D eigenvalue weighted by atomic mass is 10.1. The van der Waals surface area contributed by atoms with Gasteiger partial charge >= 0.3 is 5.97 Å². The second-order valence-corrected chi connectivity index (χ2v) is 6.74. The number of amides is 1. The summed E-state index contributed by atoms with van der Waals surface area (Å²) in [6.45, 7) is 6.46. The molecule has 0 aliphatic carbocycles. The van der Waals surface area contributed by atoms with Crippen molar-refractivity contribution in [2.24, 2.45) is 0 Å². The molecule has 162 valence electrons. The van der Waals surface area contributed by atoms with Gasteiger partial charge in [0.05, 0.1) is 11.6 Å².